The molecule has 0 unspecified atom stereocenters. The highest BCUT2D eigenvalue weighted by Crippen LogP contribution is 2.27. The lowest BCUT2D eigenvalue weighted by Crippen LogP contribution is -2.20. The number of carbonyl (C=O) groups excluding carboxylic acids is 1. The number of hydrogen-bond donors (Lipinski definition) is 2. The van der Waals surface area contributed by atoms with Gasteiger partial charge in [-0.05, 0) is 19.1 Å². The summed E-state index contributed by atoms with van der Waals surface area (Å²) in [5.41, 5.74) is 0.589. The summed E-state index contributed by atoms with van der Waals surface area (Å²) in [6.45, 7) is 1.76. The van der Waals surface area contributed by atoms with Crippen LogP contribution in [0.2, 0.25) is 0 Å². The second-order valence-electron chi connectivity index (χ2n) is 4.14. The summed E-state index contributed by atoms with van der Waals surface area (Å²) < 4.78 is 1.48. The molecule has 0 fully saturated rings. The lowest BCUT2D eigenvalue weighted by molar-refractivity contribution is -0.384. The van der Waals surface area contributed by atoms with Gasteiger partial charge in [-0.15, -0.1) is 0 Å². The first-order valence-corrected chi connectivity index (χ1v) is 5.73. The van der Waals surface area contributed by atoms with E-state index in [1.54, 1.807) is 19.2 Å². The number of nitrogens with zero attached hydrogens (tertiary/aromatic N) is 3. The van der Waals surface area contributed by atoms with Crippen molar-refractivity contribution in [1.82, 2.24) is 9.78 Å². The van der Waals surface area contributed by atoms with Crippen molar-refractivity contribution in [2.45, 2.75) is 13.5 Å². The number of aromatic hydroxyl groups is 1. The van der Waals surface area contributed by atoms with Crippen LogP contribution >= 0.6 is 0 Å². The van der Waals surface area contributed by atoms with E-state index in [0.29, 0.717) is 0 Å². The summed E-state index contributed by atoms with van der Waals surface area (Å²) in [5, 5.41) is 26.6. The molecular formula is C12H12N4O4. The summed E-state index contributed by atoms with van der Waals surface area (Å²) in [4.78, 5) is 21.9. The van der Waals surface area contributed by atoms with E-state index >= 15 is 0 Å². The molecule has 0 bridgehead atoms. The average Bonchev–Trinajstić information content (AvgIpc) is 2.77. The van der Waals surface area contributed by atoms with Crippen LogP contribution in [-0.4, -0.2) is 25.7 Å². The second kappa shape index (κ2) is 5.39. The van der Waals surface area contributed by atoms with Crippen molar-refractivity contribution in [3.8, 4) is 5.75 Å². The zero-order valence-electron chi connectivity index (χ0n) is 10.6. The van der Waals surface area contributed by atoms with Crippen LogP contribution in [0.25, 0.3) is 0 Å². The monoisotopic (exact) mass is 276 g/mol. The SMILES string of the molecule is Cc1ccnn1CC(=O)Nc1cc([N+](=O)[O-])ccc1O. The molecule has 0 saturated carbocycles. The van der Waals surface area contributed by atoms with Gasteiger partial charge in [-0.25, -0.2) is 0 Å². The number of carbonyl (C=O) groups is 1. The Kier molecular flexibility index (Phi) is 3.65. The van der Waals surface area contributed by atoms with Crippen LogP contribution in [0.5, 0.6) is 5.75 Å². The van der Waals surface area contributed by atoms with Crippen molar-refractivity contribution in [2.75, 3.05) is 5.32 Å². The molecule has 0 aliphatic carbocycles. The summed E-state index contributed by atoms with van der Waals surface area (Å²) >= 11 is 0. The number of nitro groups is 1. The predicted octanol–water partition coefficient (Wildman–Crippen LogP) is 1.44. The number of aryl methyl sites for hydroxylation is 1. The van der Waals surface area contributed by atoms with Crippen LogP contribution in [0.4, 0.5) is 11.4 Å². The van der Waals surface area contributed by atoms with E-state index in [0.717, 1.165) is 23.9 Å². The number of phenolic OH excluding ortho intramolecular Hbond substituents is 1. The van der Waals surface area contributed by atoms with Gasteiger partial charge in [0, 0.05) is 24.0 Å². The van der Waals surface area contributed by atoms with Gasteiger partial charge in [0.1, 0.15) is 12.3 Å². The van der Waals surface area contributed by atoms with Gasteiger partial charge in [-0.3, -0.25) is 19.6 Å². The molecule has 104 valence electrons. The van der Waals surface area contributed by atoms with Crippen molar-refractivity contribution in [3.05, 3.63) is 46.3 Å². The molecule has 1 aromatic heterocycles. The molecule has 1 heterocycles. The quantitative estimate of drug-likeness (QED) is 0.498. The molecule has 2 rings (SSSR count). The third-order valence-electron chi connectivity index (χ3n) is 2.69. The number of rotatable bonds is 4. The van der Waals surface area contributed by atoms with Gasteiger partial charge in [0.25, 0.3) is 5.69 Å². The molecule has 8 nitrogen and oxygen atoms in total. The molecule has 0 saturated heterocycles. The van der Waals surface area contributed by atoms with E-state index in [1.165, 1.54) is 4.68 Å². The number of hydrogen-bond acceptors (Lipinski definition) is 5. The number of aromatic nitrogens is 2. The third-order valence-corrected chi connectivity index (χ3v) is 2.69. The fraction of sp³-hybridized carbons (Fsp3) is 0.167. The standard InChI is InChI=1S/C12H12N4O4/c1-8-4-5-13-15(8)7-12(18)14-10-6-9(16(19)20)2-3-11(10)17/h2-6,17H,7H2,1H3,(H,14,18). The molecular weight excluding hydrogens is 264 g/mol. The Morgan fingerprint density at radius 1 is 1.50 bits per heavy atom. The van der Waals surface area contributed by atoms with Crippen LogP contribution < -0.4 is 5.32 Å². The van der Waals surface area contributed by atoms with Crippen molar-refractivity contribution in [2.24, 2.45) is 0 Å². The van der Waals surface area contributed by atoms with Crippen molar-refractivity contribution < 1.29 is 14.8 Å². The minimum atomic E-state index is -0.604. The molecule has 20 heavy (non-hydrogen) atoms. The van der Waals surface area contributed by atoms with Gasteiger partial charge in [0.2, 0.25) is 5.91 Å². The molecule has 8 heteroatoms. The number of nitrogens with one attached hydrogen (secondary N) is 1. The molecule has 0 spiro atoms. The lowest BCUT2D eigenvalue weighted by Gasteiger charge is -2.08. The van der Waals surface area contributed by atoms with Crippen molar-refractivity contribution >= 4 is 17.3 Å². The molecule has 1 aromatic carbocycles. The molecule has 0 radical (unpaired) electrons. The van der Waals surface area contributed by atoms with E-state index in [4.69, 9.17) is 0 Å². The molecule has 0 aliphatic rings. The van der Waals surface area contributed by atoms with Gasteiger partial charge in [-0.1, -0.05) is 0 Å². The summed E-state index contributed by atoms with van der Waals surface area (Å²) in [7, 11) is 0. The second-order valence-corrected chi connectivity index (χ2v) is 4.14. The van der Waals surface area contributed by atoms with Gasteiger partial charge in [-0.2, -0.15) is 5.10 Å². The minimum Gasteiger partial charge on any atom is -0.506 e. The van der Waals surface area contributed by atoms with Crippen LogP contribution in [0.1, 0.15) is 5.69 Å². The number of anilines is 1. The van der Waals surface area contributed by atoms with Crippen molar-refractivity contribution in [1.29, 1.82) is 0 Å². The van der Waals surface area contributed by atoms with E-state index in [2.05, 4.69) is 10.4 Å². The van der Waals surface area contributed by atoms with E-state index < -0.39 is 10.8 Å². The fourth-order valence-corrected chi connectivity index (χ4v) is 1.63. The highest BCUT2D eigenvalue weighted by molar-refractivity contribution is 5.92. The molecule has 0 atom stereocenters. The maximum atomic E-state index is 11.8. The Morgan fingerprint density at radius 2 is 2.25 bits per heavy atom. The maximum Gasteiger partial charge on any atom is 0.271 e. The highest BCUT2D eigenvalue weighted by atomic mass is 16.6. The number of non-ortho nitro benzene ring substituents is 1. The number of phenols is 1. The van der Waals surface area contributed by atoms with Gasteiger partial charge >= 0.3 is 0 Å². The number of amides is 1. The first-order chi connectivity index (χ1) is 9.47. The Hall–Kier alpha value is -2.90. The zero-order valence-corrected chi connectivity index (χ0v) is 10.6. The number of nitro benzene ring substituents is 1. The first-order valence-electron chi connectivity index (χ1n) is 5.73. The maximum absolute atomic E-state index is 11.8. The lowest BCUT2D eigenvalue weighted by atomic mass is 10.2. The zero-order chi connectivity index (χ0) is 14.7. The smallest absolute Gasteiger partial charge is 0.271 e. The van der Waals surface area contributed by atoms with Crippen molar-refractivity contribution in [3.63, 3.8) is 0 Å². The largest absolute Gasteiger partial charge is 0.506 e. The van der Waals surface area contributed by atoms with E-state index in [1.807, 2.05) is 0 Å². The Balaban J connectivity index is 2.13. The van der Waals surface area contributed by atoms with Crippen LogP contribution in [0, 0.1) is 17.0 Å². The van der Waals surface area contributed by atoms with Crippen LogP contribution in [0.3, 0.4) is 0 Å². The topological polar surface area (TPSA) is 110 Å². The van der Waals surface area contributed by atoms with E-state index in [9.17, 15) is 20.0 Å². The van der Waals surface area contributed by atoms with Crippen LogP contribution in [0.15, 0.2) is 30.5 Å². The minimum absolute atomic E-state index is 0.00555. The summed E-state index contributed by atoms with van der Waals surface area (Å²) in [6, 6.07) is 5.16. The number of benzene rings is 1. The normalized spacial score (nSPS) is 10.2. The molecule has 2 N–H and O–H groups in total. The average molecular weight is 276 g/mol. The van der Waals surface area contributed by atoms with Crippen LogP contribution in [-0.2, 0) is 11.3 Å². The first kappa shape index (κ1) is 13.5. The highest BCUT2D eigenvalue weighted by Gasteiger charge is 2.13. The third kappa shape index (κ3) is 2.91. The summed E-state index contributed by atoms with van der Waals surface area (Å²) in [6.07, 6.45) is 1.56. The molecule has 2 aromatic rings. The Morgan fingerprint density at radius 3 is 2.85 bits per heavy atom. The Labute approximate surface area is 113 Å². The molecule has 0 aliphatic heterocycles. The van der Waals surface area contributed by atoms with Gasteiger partial charge in [0.15, 0.2) is 0 Å². The van der Waals surface area contributed by atoms with E-state index in [-0.39, 0.29) is 23.7 Å². The predicted molar refractivity (Wildman–Crippen MR) is 70.4 cm³/mol. The van der Waals surface area contributed by atoms with Gasteiger partial charge in [0.05, 0.1) is 10.6 Å². The summed E-state index contributed by atoms with van der Waals surface area (Å²) in [5.74, 6) is -0.672. The fourth-order valence-electron chi connectivity index (χ4n) is 1.63. The van der Waals surface area contributed by atoms with Gasteiger partial charge < -0.3 is 10.4 Å². The molecule has 1 amide bonds. The Bertz CT molecular complexity index is 665.